The average Bonchev–Trinajstić information content (AvgIpc) is 2.93. The van der Waals surface area contributed by atoms with Crippen molar-refractivity contribution < 1.29 is 28.6 Å². The zero-order valence-corrected chi connectivity index (χ0v) is 22.0. The fourth-order valence-electron chi connectivity index (χ4n) is 4.51. The van der Waals surface area contributed by atoms with Gasteiger partial charge in [-0.25, -0.2) is 0 Å². The van der Waals surface area contributed by atoms with Gasteiger partial charge in [-0.15, -0.1) is 0 Å². The van der Waals surface area contributed by atoms with E-state index < -0.39 is 17.9 Å². The Morgan fingerprint density at radius 2 is 1.61 bits per heavy atom. The summed E-state index contributed by atoms with van der Waals surface area (Å²) >= 11 is 5.45. The zero-order valence-electron chi connectivity index (χ0n) is 21.2. The van der Waals surface area contributed by atoms with E-state index in [4.69, 9.17) is 26.4 Å². The molecule has 1 aliphatic carbocycles. The van der Waals surface area contributed by atoms with Crippen LogP contribution in [0.1, 0.15) is 48.9 Å². The second-order valence-electron chi connectivity index (χ2n) is 9.25. The Morgan fingerprint density at radius 3 is 2.29 bits per heavy atom. The van der Waals surface area contributed by atoms with E-state index in [-0.39, 0.29) is 23.5 Å². The van der Waals surface area contributed by atoms with Gasteiger partial charge in [-0.2, -0.15) is 0 Å². The number of thiocarbonyl (C=S) groups is 1. The molecule has 1 saturated carbocycles. The van der Waals surface area contributed by atoms with Gasteiger partial charge in [-0.05, 0) is 74.3 Å². The molecule has 2 aliphatic rings. The number of benzene rings is 2. The summed E-state index contributed by atoms with van der Waals surface area (Å²) in [4.78, 5) is 39.5. The number of carbonyl (C=O) groups is 3. The third-order valence-electron chi connectivity index (χ3n) is 6.50. The van der Waals surface area contributed by atoms with Crippen LogP contribution < -0.4 is 20.1 Å². The molecule has 2 aromatic carbocycles. The van der Waals surface area contributed by atoms with E-state index in [0.29, 0.717) is 37.6 Å². The number of rotatable bonds is 9. The Labute approximate surface area is 227 Å². The van der Waals surface area contributed by atoms with Crippen molar-refractivity contribution in [2.45, 2.75) is 50.7 Å². The molecule has 38 heavy (non-hydrogen) atoms. The zero-order chi connectivity index (χ0) is 26.7. The predicted molar refractivity (Wildman–Crippen MR) is 145 cm³/mol. The average molecular weight is 540 g/mol. The molecule has 1 heterocycles. The van der Waals surface area contributed by atoms with Crippen LogP contribution in [0.25, 0.3) is 0 Å². The summed E-state index contributed by atoms with van der Waals surface area (Å²) < 4.78 is 16.9. The van der Waals surface area contributed by atoms with Gasteiger partial charge >= 0.3 is 5.97 Å². The molecule has 2 fully saturated rings. The summed E-state index contributed by atoms with van der Waals surface area (Å²) in [5.74, 6) is 0.219. The molecule has 1 atom stereocenters. The molecule has 2 N–H and O–H groups in total. The third-order valence-corrected chi connectivity index (χ3v) is 6.84. The molecule has 9 nitrogen and oxygen atoms in total. The Bertz CT molecular complexity index is 1110. The smallest absolute Gasteiger partial charge is 0.308 e. The Balaban J connectivity index is 1.26. The lowest BCUT2D eigenvalue weighted by molar-refractivity contribution is -0.153. The summed E-state index contributed by atoms with van der Waals surface area (Å²) in [7, 11) is 0. The minimum absolute atomic E-state index is 0.0913. The molecule has 2 amide bonds. The molecule has 1 unspecified atom stereocenters. The summed E-state index contributed by atoms with van der Waals surface area (Å²) in [6.07, 6.45) is 4.72. The van der Waals surface area contributed by atoms with E-state index in [1.54, 1.807) is 29.2 Å². The third kappa shape index (κ3) is 7.92. The number of piperazine rings is 1. The molecule has 0 radical (unpaired) electrons. The number of nitrogens with one attached hydrogen (secondary N) is 2. The van der Waals surface area contributed by atoms with E-state index in [1.807, 2.05) is 30.3 Å². The highest BCUT2D eigenvalue weighted by atomic mass is 32.1. The van der Waals surface area contributed by atoms with Gasteiger partial charge in [0.1, 0.15) is 36.9 Å². The SMILES string of the molecule is O=C(CC1C(=O)NCCN1C(=S)NC(=O)c1ccc(OCCOc2ccccc2)cc1)OC1CCCCC1. The van der Waals surface area contributed by atoms with Gasteiger partial charge in [-0.1, -0.05) is 24.6 Å². The Kier molecular flexibility index (Phi) is 9.91. The number of ether oxygens (including phenoxy) is 3. The van der Waals surface area contributed by atoms with Crippen LogP contribution in [0.2, 0.25) is 0 Å². The molecule has 0 bridgehead atoms. The van der Waals surface area contributed by atoms with E-state index in [0.717, 1.165) is 37.9 Å². The number of amides is 2. The molecular formula is C28H33N3O6S. The van der Waals surface area contributed by atoms with Gasteiger partial charge in [0, 0.05) is 18.7 Å². The van der Waals surface area contributed by atoms with Crippen molar-refractivity contribution in [3.63, 3.8) is 0 Å². The molecule has 1 aliphatic heterocycles. The highest BCUT2D eigenvalue weighted by molar-refractivity contribution is 7.80. The van der Waals surface area contributed by atoms with Crippen molar-refractivity contribution in [3.8, 4) is 11.5 Å². The second kappa shape index (κ2) is 13.8. The summed E-state index contributed by atoms with van der Waals surface area (Å²) in [5.41, 5.74) is 0.384. The van der Waals surface area contributed by atoms with Crippen LogP contribution in [-0.2, 0) is 14.3 Å². The lowest BCUT2D eigenvalue weighted by Crippen LogP contribution is -2.60. The first-order valence-electron chi connectivity index (χ1n) is 13.0. The van der Waals surface area contributed by atoms with E-state index >= 15 is 0 Å². The van der Waals surface area contributed by atoms with Crippen LogP contribution in [-0.4, -0.2) is 66.2 Å². The number of hydrogen-bond donors (Lipinski definition) is 2. The minimum Gasteiger partial charge on any atom is -0.490 e. The van der Waals surface area contributed by atoms with Gasteiger partial charge in [0.05, 0.1) is 6.42 Å². The molecular weight excluding hydrogens is 506 g/mol. The summed E-state index contributed by atoms with van der Waals surface area (Å²) in [6, 6.07) is 15.3. The Morgan fingerprint density at radius 1 is 0.947 bits per heavy atom. The van der Waals surface area contributed by atoms with Crippen molar-refractivity contribution in [1.29, 1.82) is 0 Å². The van der Waals surface area contributed by atoms with Crippen molar-refractivity contribution >= 4 is 35.1 Å². The summed E-state index contributed by atoms with van der Waals surface area (Å²) in [6.45, 7) is 1.48. The highest BCUT2D eigenvalue weighted by Gasteiger charge is 2.35. The van der Waals surface area contributed by atoms with Gasteiger partial charge in [0.25, 0.3) is 5.91 Å². The van der Waals surface area contributed by atoms with Crippen molar-refractivity contribution in [1.82, 2.24) is 15.5 Å². The Hall–Kier alpha value is -3.66. The first-order chi connectivity index (χ1) is 18.5. The van der Waals surface area contributed by atoms with Gasteiger partial charge < -0.3 is 24.4 Å². The highest BCUT2D eigenvalue weighted by Crippen LogP contribution is 2.22. The van der Waals surface area contributed by atoms with Crippen molar-refractivity contribution in [2.75, 3.05) is 26.3 Å². The van der Waals surface area contributed by atoms with Crippen LogP contribution in [0.15, 0.2) is 54.6 Å². The lowest BCUT2D eigenvalue weighted by Gasteiger charge is -2.36. The van der Waals surface area contributed by atoms with Gasteiger partial charge in [-0.3, -0.25) is 19.7 Å². The normalized spacial score (nSPS) is 17.7. The van der Waals surface area contributed by atoms with E-state index in [1.165, 1.54) is 0 Å². The fourth-order valence-corrected chi connectivity index (χ4v) is 4.83. The standard InChI is InChI=1S/C28H33N3O6S/c32-25(37-23-9-5-2-6-10-23)19-24-27(34)29-15-16-31(24)28(38)30-26(33)20-11-13-22(14-12-20)36-18-17-35-21-7-3-1-4-8-21/h1,3-4,7-8,11-14,23-24H,2,5-6,9-10,15-19H2,(H,29,34)(H,30,33,38). The first-order valence-corrected chi connectivity index (χ1v) is 13.4. The quantitative estimate of drug-likeness (QED) is 0.284. The van der Waals surface area contributed by atoms with E-state index in [2.05, 4.69) is 10.6 Å². The largest absolute Gasteiger partial charge is 0.490 e. The number of para-hydroxylation sites is 1. The number of nitrogens with zero attached hydrogens (tertiary/aromatic N) is 1. The maximum atomic E-state index is 12.8. The second-order valence-corrected chi connectivity index (χ2v) is 9.63. The molecule has 202 valence electrons. The summed E-state index contributed by atoms with van der Waals surface area (Å²) in [5, 5.41) is 5.55. The van der Waals surface area contributed by atoms with Gasteiger partial charge in [0.15, 0.2) is 5.11 Å². The topological polar surface area (TPSA) is 106 Å². The monoisotopic (exact) mass is 539 g/mol. The van der Waals surface area contributed by atoms with Crippen LogP contribution in [0, 0.1) is 0 Å². The van der Waals surface area contributed by atoms with E-state index in [9.17, 15) is 14.4 Å². The van der Waals surface area contributed by atoms with Crippen LogP contribution in [0.5, 0.6) is 11.5 Å². The molecule has 4 rings (SSSR count). The molecule has 0 spiro atoms. The molecule has 1 saturated heterocycles. The maximum absolute atomic E-state index is 12.8. The van der Waals surface area contributed by atoms with Gasteiger partial charge in [0.2, 0.25) is 5.91 Å². The van der Waals surface area contributed by atoms with Crippen molar-refractivity contribution in [3.05, 3.63) is 60.2 Å². The minimum atomic E-state index is -0.832. The number of hydrogen-bond acceptors (Lipinski definition) is 7. The van der Waals surface area contributed by atoms with Crippen LogP contribution in [0.4, 0.5) is 0 Å². The predicted octanol–water partition coefficient (Wildman–Crippen LogP) is 3.23. The number of esters is 1. The lowest BCUT2D eigenvalue weighted by atomic mass is 9.98. The maximum Gasteiger partial charge on any atom is 0.308 e. The van der Waals surface area contributed by atoms with Crippen LogP contribution in [0.3, 0.4) is 0 Å². The molecule has 10 heteroatoms. The molecule has 2 aromatic rings. The fraction of sp³-hybridized carbons (Fsp3) is 0.429. The number of carbonyl (C=O) groups excluding carboxylic acids is 3. The van der Waals surface area contributed by atoms with Crippen molar-refractivity contribution in [2.24, 2.45) is 0 Å². The first kappa shape index (κ1) is 27.4. The van der Waals surface area contributed by atoms with Crippen LogP contribution >= 0.6 is 12.2 Å². The molecule has 0 aromatic heterocycles.